The van der Waals surface area contributed by atoms with Gasteiger partial charge in [-0.2, -0.15) is 4.31 Å². The van der Waals surface area contributed by atoms with E-state index in [2.05, 4.69) is 5.32 Å². The number of aryl methyl sites for hydroxylation is 1. The van der Waals surface area contributed by atoms with Crippen LogP contribution in [-0.2, 0) is 14.8 Å². The Morgan fingerprint density at radius 1 is 1.12 bits per heavy atom. The van der Waals surface area contributed by atoms with Crippen molar-refractivity contribution in [2.45, 2.75) is 62.8 Å². The molecular weight excluding hydrogens is 372 g/mol. The van der Waals surface area contributed by atoms with Crippen LogP contribution in [0.1, 0.15) is 50.5 Å². The van der Waals surface area contributed by atoms with E-state index in [1.807, 2.05) is 0 Å². The fourth-order valence-corrected chi connectivity index (χ4v) is 5.52. The third-order valence-corrected chi connectivity index (χ3v) is 7.86. The summed E-state index contributed by atoms with van der Waals surface area (Å²) in [5.74, 6) is 0.00613. The third-order valence-electron chi connectivity index (χ3n) is 5.54. The fraction of sp³-hybridized carbons (Fsp3) is 0.632. The molecule has 0 unspecified atom stereocenters. The van der Waals surface area contributed by atoms with Gasteiger partial charge >= 0.3 is 0 Å². The number of amides is 1. The van der Waals surface area contributed by atoms with Crippen molar-refractivity contribution >= 4 is 27.5 Å². The molecule has 0 atom stereocenters. The van der Waals surface area contributed by atoms with Gasteiger partial charge in [0.05, 0.1) is 4.90 Å². The summed E-state index contributed by atoms with van der Waals surface area (Å²) < 4.78 is 27.1. The second-order valence-corrected chi connectivity index (χ2v) is 9.78. The molecule has 5 nitrogen and oxygen atoms in total. The third kappa shape index (κ3) is 4.41. The zero-order valence-electron chi connectivity index (χ0n) is 15.2. The Bertz CT molecular complexity index is 752. The number of nitrogens with zero attached hydrogens (tertiary/aromatic N) is 1. The van der Waals surface area contributed by atoms with Crippen LogP contribution < -0.4 is 5.32 Å². The molecule has 1 saturated heterocycles. The molecule has 0 aromatic heterocycles. The van der Waals surface area contributed by atoms with Gasteiger partial charge in [-0.05, 0) is 56.4 Å². The number of halogens is 1. The van der Waals surface area contributed by atoms with Crippen molar-refractivity contribution < 1.29 is 13.2 Å². The largest absolute Gasteiger partial charge is 0.353 e. The zero-order valence-corrected chi connectivity index (χ0v) is 16.8. The molecule has 2 fully saturated rings. The van der Waals surface area contributed by atoms with Crippen LogP contribution in [0.3, 0.4) is 0 Å². The van der Waals surface area contributed by atoms with Gasteiger partial charge in [-0.15, -0.1) is 0 Å². The lowest BCUT2D eigenvalue weighted by molar-refractivity contribution is -0.127. The molecule has 1 amide bonds. The molecule has 26 heavy (non-hydrogen) atoms. The molecule has 1 saturated carbocycles. The molecule has 0 bridgehead atoms. The van der Waals surface area contributed by atoms with Gasteiger partial charge in [-0.1, -0.05) is 30.9 Å². The highest BCUT2D eigenvalue weighted by molar-refractivity contribution is 7.89. The maximum absolute atomic E-state index is 12.8. The molecule has 1 aromatic rings. The van der Waals surface area contributed by atoms with E-state index in [4.69, 9.17) is 11.6 Å². The first-order valence-electron chi connectivity index (χ1n) is 9.44. The van der Waals surface area contributed by atoms with Gasteiger partial charge in [-0.25, -0.2) is 8.42 Å². The molecule has 144 valence electrons. The quantitative estimate of drug-likeness (QED) is 0.844. The highest BCUT2D eigenvalue weighted by Crippen LogP contribution is 2.27. The van der Waals surface area contributed by atoms with Gasteiger partial charge in [0.2, 0.25) is 15.9 Å². The van der Waals surface area contributed by atoms with E-state index in [1.165, 1.54) is 23.6 Å². The van der Waals surface area contributed by atoms with Crippen LogP contribution in [0.2, 0.25) is 5.02 Å². The molecular formula is C19H27ClN2O3S. The number of nitrogens with one attached hydrogen (secondary N) is 1. The minimum absolute atomic E-state index is 0.0877. The SMILES string of the molecule is Cc1cc(S(=O)(=O)N2CCC(C(=O)NC3CCCCC3)CC2)ccc1Cl. The maximum Gasteiger partial charge on any atom is 0.243 e. The average Bonchev–Trinajstić information content (AvgIpc) is 2.65. The summed E-state index contributed by atoms with van der Waals surface area (Å²) in [6, 6.07) is 5.08. The van der Waals surface area contributed by atoms with Crippen LogP contribution in [0.4, 0.5) is 0 Å². The Morgan fingerprint density at radius 2 is 1.77 bits per heavy atom. The minimum atomic E-state index is -3.53. The number of carbonyl (C=O) groups excluding carboxylic acids is 1. The summed E-state index contributed by atoms with van der Waals surface area (Å²) in [6.45, 7) is 2.56. The smallest absolute Gasteiger partial charge is 0.243 e. The van der Waals surface area contributed by atoms with Gasteiger partial charge in [0.15, 0.2) is 0 Å². The summed E-state index contributed by atoms with van der Waals surface area (Å²) in [5.41, 5.74) is 0.745. The summed E-state index contributed by atoms with van der Waals surface area (Å²) in [5, 5.41) is 3.72. The number of rotatable bonds is 4. The predicted molar refractivity (Wildman–Crippen MR) is 103 cm³/mol. The maximum atomic E-state index is 12.8. The van der Waals surface area contributed by atoms with Crippen molar-refractivity contribution in [3.05, 3.63) is 28.8 Å². The minimum Gasteiger partial charge on any atom is -0.353 e. The van der Waals surface area contributed by atoms with Gasteiger partial charge in [-0.3, -0.25) is 4.79 Å². The van der Waals surface area contributed by atoms with E-state index in [-0.39, 0.29) is 16.7 Å². The summed E-state index contributed by atoms with van der Waals surface area (Å²) in [6.07, 6.45) is 6.90. The Kier molecular flexibility index (Phi) is 6.25. The highest BCUT2D eigenvalue weighted by Gasteiger charge is 2.33. The molecule has 0 radical (unpaired) electrons. The monoisotopic (exact) mass is 398 g/mol. The van der Waals surface area contributed by atoms with Crippen molar-refractivity contribution in [1.29, 1.82) is 0 Å². The molecule has 1 aliphatic heterocycles. The van der Waals surface area contributed by atoms with Gasteiger partial charge in [0, 0.05) is 30.1 Å². The number of benzene rings is 1. The van der Waals surface area contributed by atoms with E-state index >= 15 is 0 Å². The second-order valence-electron chi connectivity index (χ2n) is 7.43. The summed E-state index contributed by atoms with van der Waals surface area (Å²) >= 11 is 6.00. The lowest BCUT2D eigenvalue weighted by atomic mass is 9.93. The van der Waals surface area contributed by atoms with Crippen LogP contribution in [0.5, 0.6) is 0 Å². The Labute approximate surface area is 161 Å². The molecule has 1 aromatic carbocycles. The van der Waals surface area contributed by atoms with Crippen LogP contribution in [0.15, 0.2) is 23.1 Å². The molecule has 2 aliphatic rings. The fourth-order valence-electron chi connectivity index (χ4n) is 3.85. The number of piperidine rings is 1. The van der Waals surface area contributed by atoms with Gasteiger partial charge < -0.3 is 5.32 Å². The number of carbonyl (C=O) groups is 1. The van der Waals surface area contributed by atoms with E-state index < -0.39 is 10.0 Å². The Balaban J connectivity index is 1.58. The first-order valence-corrected chi connectivity index (χ1v) is 11.3. The lowest BCUT2D eigenvalue weighted by Crippen LogP contribution is -2.45. The number of hydrogen-bond acceptors (Lipinski definition) is 3. The summed E-state index contributed by atoms with van der Waals surface area (Å²) in [7, 11) is -3.53. The van der Waals surface area contributed by atoms with E-state index in [0.717, 1.165) is 18.4 Å². The Morgan fingerprint density at radius 3 is 2.38 bits per heavy atom. The topological polar surface area (TPSA) is 66.5 Å². The van der Waals surface area contributed by atoms with Crippen molar-refractivity contribution in [2.75, 3.05) is 13.1 Å². The van der Waals surface area contributed by atoms with Crippen LogP contribution in [0.25, 0.3) is 0 Å². The number of sulfonamides is 1. The predicted octanol–water partition coefficient (Wildman–Crippen LogP) is 3.50. The normalized spacial score (nSPS) is 20.8. The average molecular weight is 399 g/mol. The van der Waals surface area contributed by atoms with Crippen molar-refractivity contribution in [1.82, 2.24) is 9.62 Å². The molecule has 1 N–H and O–H groups in total. The van der Waals surface area contributed by atoms with Crippen LogP contribution in [-0.4, -0.2) is 37.8 Å². The first kappa shape index (κ1) is 19.6. The first-order chi connectivity index (χ1) is 12.4. The van der Waals surface area contributed by atoms with Crippen molar-refractivity contribution in [3.63, 3.8) is 0 Å². The second kappa shape index (κ2) is 8.28. The van der Waals surface area contributed by atoms with E-state index in [9.17, 15) is 13.2 Å². The summed E-state index contributed by atoms with van der Waals surface area (Å²) in [4.78, 5) is 12.7. The lowest BCUT2D eigenvalue weighted by Gasteiger charge is -2.32. The molecule has 1 aliphatic carbocycles. The highest BCUT2D eigenvalue weighted by atomic mass is 35.5. The number of hydrogen-bond donors (Lipinski definition) is 1. The molecule has 7 heteroatoms. The molecule has 0 spiro atoms. The molecule has 3 rings (SSSR count). The van der Waals surface area contributed by atoms with Crippen molar-refractivity contribution in [3.8, 4) is 0 Å². The van der Waals surface area contributed by atoms with E-state index in [0.29, 0.717) is 37.0 Å². The van der Waals surface area contributed by atoms with E-state index in [1.54, 1.807) is 25.1 Å². The Hall–Kier alpha value is -1.11. The van der Waals surface area contributed by atoms with Gasteiger partial charge in [0.25, 0.3) is 0 Å². The standard InChI is InChI=1S/C19H27ClN2O3S/c1-14-13-17(7-8-18(14)20)26(24,25)22-11-9-15(10-12-22)19(23)21-16-5-3-2-4-6-16/h7-8,13,15-16H,2-6,9-12H2,1H3,(H,21,23). The van der Waals surface area contributed by atoms with Crippen molar-refractivity contribution in [2.24, 2.45) is 5.92 Å². The van der Waals surface area contributed by atoms with Crippen LogP contribution >= 0.6 is 11.6 Å². The molecule has 1 heterocycles. The van der Waals surface area contributed by atoms with Crippen LogP contribution in [0, 0.1) is 12.8 Å². The van der Waals surface area contributed by atoms with Gasteiger partial charge in [0.1, 0.15) is 0 Å². The zero-order chi connectivity index (χ0) is 18.7.